The number of aliphatic hydroxyl groups is 6. The van der Waals surface area contributed by atoms with Crippen LogP contribution in [0.25, 0.3) is 0 Å². The molecule has 4 rings (SSSR count). The van der Waals surface area contributed by atoms with E-state index in [9.17, 15) is 116 Å². The van der Waals surface area contributed by atoms with Crippen LogP contribution in [0.4, 0.5) is 0 Å². The lowest BCUT2D eigenvalue weighted by atomic mass is 9.94. The summed E-state index contributed by atoms with van der Waals surface area (Å²) in [6.07, 6.45) is -45.8. The van der Waals surface area contributed by atoms with Gasteiger partial charge in [-0.3, -0.25) is 27.6 Å². The third kappa shape index (κ3) is 19.7. The molecule has 1 amide bonds. The van der Waals surface area contributed by atoms with E-state index in [1.807, 2.05) is 5.32 Å². The second-order valence-electron chi connectivity index (χ2n) is 15.2. The van der Waals surface area contributed by atoms with Gasteiger partial charge in [0.25, 0.3) is 0 Å². The zero-order chi connectivity index (χ0) is 57.5. The van der Waals surface area contributed by atoms with E-state index < -0.39 is 206 Å². The number of aliphatic hydroxyl groups excluding tert-OH is 6. The molecule has 0 unspecified atom stereocenters. The van der Waals surface area contributed by atoms with Crippen molar-refractivity contribution in [3.05, 3.63) is 24.3 Å². The molecule has 39 nitrogen and oxygen atoms in total. The van der Waals surface area contributed by atoms with E-state index in [2.05, 4.69) is 23.3 Å². The van der Waals surface area contributed by atoms with Crippen LogP contribution in [-0.4, -0.2) is 259 Å². The van der Waals surface area contributed by atoms with E-state index in [-0.39, 0.29) is 0 Å². The van der Waals surface area contributed by atoms with Crippen molar-refractivity contribution >= 4 is 81.3 Å². The molecule has 0 aromatic rings. The quantitative estimate of drug-likeness (QED) is 0.0354. The highest BCUT2D eigenvalue weighted by molar-refractivity contribution is 7.83. The molecule has 20 atom stereocenters. The Bertz CT molecular complexity index is 2590. The minimum absolute atomic E-state index is 0.840. The molecule has 0 spiro atoms. The summed E-state index contributed by atoms with van der Waals surface area (Å²) in [5, 5.41) is 86.0. The molecule has 4 heterocycles. The highest BCUT2D eigenvalue weighted by atomic mass is 35.5. The maximum atomic E-state index is 12.7. The Kier molecular flexibility index (Phi) is 23.7. The lowest BCUT2D eigenvalue weighted by molar-refractivity contribution is -0.366. The number of rotatable bonds is 22. The predicted molar refractivity (Wildman–Crippen MR) is 226 cm³/mol. The molecular weight excluding hydrogens is 1180 g/mol. The van der Waals surface area contributed by atoms with Crippen LogP contribution in [0.15, 0.2) is 24.3 Å². The van der Waals surface area contributed by atoms with Crippen LogP contribution in [0.1, 0.15) is 6.92 Å². The summed E-state index contributed by atoms with van der Waals surface area (Å²) in [5.74, 6) is -5.49. The minimum Gasteiger partial charge on any atom is -0.479 e. The number of ether oxygens (including phenoxy) is 7. The zero-order valence-electron chi connectivity index (χ0n) is 36.9. The Labute approximate surface area is 427 Å². The van der Waals surface area contributed by atoms with Gasteiger partial charge in [0.1, 0.15) is 73.1 Å². The first kappa shape index (κ1) is 66.3. The van der Waals surface area contributed by atoms with Crippen molar-refractivity contribution in [3.8, 4) is 0 Å². The van der Waals surface area contributed by atoms with Crippen LogP contribution in [0.3, 0.4) is 0 Å². The molecular formula is C30H47ClN2O37S5. The van der Waals surface area contributed by atoms with E-state index in [1.54, 1.807) is 12.2 Å². The Morgan fingerprint density at radius 2 is 1.07 bits per heavy atom. The van der Waals surface area contributed by atoms with Gasteiger partial charge in [0, 0.05) is 12.5 Å². The molecule has 0 saturated carbocycles. The lowest BCUT2D eigenvalue weighted by Crippen LogP contribution is -2.71. The fourth-order valence-corrected chi connectivity index (χ4v) is 9.58. The van der Waals surface area contributed by atoms with E-state index in [0.717, 1.165) is 6.92 Å². The Morgan fingerprint density at radius 3 is 1.49 bits per heavy atom. The molecule has 4 aliphatic rings. The number of nitrogens with one attached hydrogen (secondary N) is 2. The maximum absolute atomic E-state index is 12.7. The van der Waals surface area contributed by atoms with Crippen LogP contribution in [0, 0.1) is 0 Å². The van der Waals surface area contributed by atoms with Crippen LogP contribution >= 0.6 is 11.6 Å². The summed E-state index contributed by atoms with van der Waals surface area (Å²) in [4.78, 5) is 36.4. The summed E-state index contributed by atoms with van der Waals surface area (Å²) in [7, 11) is -29.1. The number of hydrogen-bond acceptors (Lipinski definition) is 30. The van der Waals surface area contributed by atoms with E-state index in [0.29, 0.717) is 0 Å². The lowest BCUT2D eigenvalue weighted by Gasteiger charge is -2.50. The monoisotopic (exact) mass is 1220 g/mol. The standard InChI is InChI=1S/C26H42N2O37S5.C4H5Cl/c1-4(30)27-7-9(31)13(6(56-23(7)39)3-55-67(43,44)45)58-26-19(65-70(52,53)54)12(34)16(20(62-26)22(37)38)60-24-8(28-66(40,41)42)15(63-68(46,47)48)14(5(2-29)57-24)59-25-18(64-69(49,50)51)11(33)10(32)17(61-25)21(35)36;1-2-3-4-5/h5-20,23-26,28-29,31-34,39H,2-3H2,1H3,(H,27,30)(H,35,36)(H,37,38)(H,40,41,42)(H,43,44,45)(H,46,47,48)(H,49,50,51)(H,52,53,54);2-4H,1H2/t5-,6+,7-,8-,9-,10-,11-,12+,13-,14-,15-,16+,17-,18+,19-,20+,23-,24+,25+,26-;/m1./s1. The molecule has 0 bridgehead atoms. The van der Waals surface area contributed by atoms with Crippen molar-refractivity contribution in [2.24, 2.45) is 0 Å². The fraction of sp³-hybridized carbons (Fsp3) is 0.767. The molecule has 0 aromatic heterocycles. The average molecular weight is 1220 g/mol. The number of carboxylic acids is 2. The van der Waals surface area contributed by atoms with Gasteiger partial charge in [-0.2, -0.15) is 46.8 Å². The van der Waals surface area contributed by atoms with Gasteiger partial charge in [-0.25, -0.2) is 26.3 Å². The van der Waals surface area contributed by atoms with E-state index in [1.165, 1.54) is 10.3 Å². The average Bonchev–Trinajstić information content (AvgIpc) is 3.24. The van der Waals surface area contributed by atoms with Gasteiger partial charge in [-0.1, -0.05) is 30.3 Å². The van der Waals surface area contributed by atoms with Crippen molar-refractivity contribution in [2.45, 2.75) is 130 Å². The number of aliphatic carboxylic acids is 2. The third-order valence-corrected chi connectivity index (χ3v) is 12.4. The van der Waals surface area contributed by atoms with E-state index >= 15 is 0 Å². The number of allylic oxidation sites excluding steroid dienone is 2. The first-order valence-corrected chi connectivity index (χ1v) is 27.1. The van der Waals surface area contributed by atoms with Crippen molar-refractivity contribution in [2.75, 3.05) is 13.2 Å². The first-order chi connectivity index (χ1) is 34.2. The molecule has 4 fully saturated rings. The van der Waals surface area contributed by atoms with Crippen LogP contribution in [-0.2, 0) is 116 Å². The van der Waals surface area contributed by atoms with Gasteiger partial charge in [-0.15, -0.1) is 0 Å². The van der Waals surface area contributed by atoms with Gasteiger partial charge >= 0.3 is 63.8 Å². The Balaban J connectivity index is 0.00000282. The second kappa shape index (κ2) is 26.8. The van der Waals surface area contributed by atoms with Crippen molar-refractivity contribution in [3.63, 3.8) is 0 Å². The van der Waals surface area contributed by atoms with Gasteiger partial charge in [0.2, 0.25) is 5.91 Å². The summed E-state index contributed by atoms with van der Waals surface area (Å²) in [6, 6.07) is -4.96. The van der Waals surface area contributed by atoms with Gasteiger partial charge in [0.05, 0.1) is 13.2 Å². The normalized spacial score (nSPS) is 37.2. The van der Waals surface area contributed by atoms with Crippen molar-refractivity contribution in [1.29, 1.82) is 0 Å². The second-order valence-corrected chi connectivity index (χ2v) is 20.8. The third-order valence-electron chi connectivity index (χ3n) is 9.89. The first-order valence-electron chi connectivity index (χ1n) is 19.8. The molecule has 436 valence electrons. The topological polar surface area (TPSA) is 610 Å². The number of carbonyl (C=O) groups is 3. The Morgan fingerprint density at radius 1 is 0.587 bits per heavy atom. The molecule has 4 saturated heterocycles. The molecule has 0 aliphatic carbocycles. The van der Waals surface area contributed by atoms with Crippen molar-refractivity contribution in [1.82, 2.24) is 10.0 Å². The zero-order valence-corrected chi connectivity index (χ0v) is 41.8. The molecule has 4 aliphatic heterocycles. The summed E-state index contributed by atoms with van der Waals surface area (Å²) in [5.41, 5.74) is 1.41. The van der Waals surface area contributed by atoms with Crippen LogP contribution in [0.5, 0.6) is 0 Å². The van der Waals surface area contributed by atoms with E-state index in [4.69, 9.17) is 49.3 Å². The van der Waals surface area contributed by atoms with Crippen LogP contribution < -0.4 is 10.0 Å². The summed E-state index contributed by atoms with van der Waals surface area (Å²) < 4.78 is 222. The highest BCUT2D eigenvalue weighted by Gasteiger charge is 2.60. The summed E-state index contributed by atoms with van der Waals surface area (Å²) >= 11 is 5.05. The van der Waals surface area contributed by atoms with Gasteiger partial charge < -0.3 is 79.3 Å². The number of carboxylic acid groups (broad SMARTS) is 2. The smallest absolute Gasteiger partial charge is 0.397 e. The fourth-order valence-electron chi connectivity index (χ4n) is 7.10. The highest BCUT2D eigenvalue weighted by Crippen LogP contribution is 2.37. The maximum Gasteiger partial charge on any atom is 0.397 e. The molecule has 0 radical (unpaired) electrons. The Hall–Kier alpha value is -2.99. The predicted octanol–water partition coefficient (Wildman–Crippen LogP) is -8.79. The molecule has 45 heteroatoms. The number of hydrogen-bond donors (Lipinski definition) is 15. The summed E-state index contributed by atoms with van der Waals surface area (Å²) in [6.45, 7) is 1.14. The number of halogens is 1. The molecule has 75 heavy (non-hydrogen) atoms. The van der Waals surface area contributed by atoms with Crippen molar-refractivity contribution < 1.29 is 170 Å². The molecule has 15 N–H and O–H groups in total. The van der Waals surface area contributed by atoms with Gasteiger partial charge in [-0.05, 0) is 0 Å². The number of amides is 1. The molecule has 0 aromatic carbocycles. The van der Waals surface area contributed by atoms with Gasteiger partial charge in [0.15, 0.2) is 49.6 Å². The minimum atomic E-state index is -6.09. The number of carbonyl (C=O) groups excluding carboxylic acids is 1. The SMILES string of the molecule is C=CC=CCl.CC(=O)N[C@@H]1[C@@H](O)[C@H](O[C@@H]2O[C@H](C(=O)O)[C@@H](O[C@@H]3O[C@H](CO)[C@@H](O[C@H]4O[C@@H](C(=O)O)[C@H](O)[C@@H](O)[C@@H]4OS(=O)(=O)O)[C@H](OS(=O)(=O)O)[C@H]3NS(=O)(=O)O)[C@H](O)[C@H]2OS(=O)(=O)O)[C@H](COS(=O)(=O)O)O[C@H]1O. The largest absolute Gasteiger partial charge is 0.479 e. The van der Waals surface area contributed by atoms with Crippen LogP contribution in [0.2, 0.25) is 0 Å².